The van der Waals surface area contributed by atoms with Crippen molar-refractivity contribution in [3.05, 3.63) is 77.2 Å². The molecule has 0 aliphatic heterocycles. The lowest BCUT2D eigenvalue weighted by Gasteiger charge is -2.16. The third-order valence-electron chi connectivity index (χ3n) is 3.71. The van der Waals surface area contributed by atoms with Crippen LogP contribution in [0.1, 0.15) is 34.6 Å². The van der Waals surface area contributed by atoms with Crippen molar-refractivity contribution in [2.75, 3.05) is 0 Å². The molecule has 7 heteroatoms. The van der Waals surface area contributed by atoms with Crippen molar-refractivity contribution in [2.24, 2.45) is 0 Å². The molecule has 0 spiro atoms. The number of aromatic nitrogens is 3. The maximum Gasteiger partial charge on any atom is 0.346 e. The fourth-order valence-corrected chi connectivity index (χ4v) is 2.40. The van der Waals surface area contributed by atoms with E-state index < -0.39 is 23.6 Å². The number of esters is 1. The van der Waals surface area contributed by atoms with E-state index in [1.165, 1.54) is 16.9 Å². The Balaban J connectivity index is 1.90. The molecular weight excluding hydrogens is 328 g/mol. The lowest BCUT2D eigenvalue weighted by Crippen LogP contribution is -2.15. The monoisotopic (exact) mass is 343 g/mol. The van der Waals surface area contributed by atoms with Gasteiger partial charge in [-0.05, 0) is 43.7 Å². The molecule has 2 aromatic heterocycles. The Morgan fingerprint density at radius 1 is 1.20 bits per heavy atom. The first-order valence-electron chi connectivity index (χ1n) is 7.59. The van der Waals surface area contributed by atoms with E-state index in [-0.39, 0.29) is 5.88 Å². The van der Waals surface area contributed by atoms with Crippen LogP contribution >= 0.6 is 0 Å². The number of rotatable bonds is 4. The second-order valence-corrected chi connectivity index (χ2v) is 5.55. The molecule has 5 nitrogen and oxygen atoms in total. The molecule has 128 valence electrons. The van der Waals surface area contributed by atoms with Crippen molar-refractivity contribution in [2.45, 2.75) is 19.9 Å². The SMILES string of the molecule is Cc1cc(OC(=O)c2cccnc2)n(C(C)c2ccc(F)c(F)c2)n1. The third kappa shape index (κ3) is 3.55. The number of ether oxygens (including phenoxy) is 1. The summed E-state index contributed by atoms with van der Waals surface area (Å²) in [6.07, 6.45) is 2.95. The summed E-state index contributed by atoms with van der Waals surface area (Å²) < 4.78 is 33.5. The molecule has 0 aliphatic carbocycles. The van der Waals surface area contributed by atoms with Gasteiger partial charge in [0.1, 0.15) is 0 Å². The van der Waals surface area contributed by atoms with Crippen LogP contribution in [0.25, 0.3) is 0 Å². The number of carbonyl (C=O) groups excluding carboxylic acids is 1. The fraction of sp³-hybridized carbons (Fsp3) is 0.167. The summed E-state index contributed by atoms with van der Waals surface area (Å²) >= 11 is 0. The number of pyridine rings is 1. The predicted molar refractivity (Wildman–Crippen MR) is 86.3 cm³/mol. The average molecular weight is 343 g/mol. The van der Waals surface area contributed by atoms with E-state index in [4.69, 9.17) is 4.74 Å². The number of hydrogen-bond acceptors (Lipinski definition) is 4. The summed E-state index contributed by atoms with van der Waals surface area (Å²) in [4.78, 5) is 16.1. The van der Waals surface area contributed by atoms with Crippen molar-refractivity contribution < 1.29 is 18.3 Å². The van der Waals surface area contributed by atoms with Gasteiger partial charge in [0.15, 0.2) is 11.6 Å². The molecule has 0 bridgehead atoms. The summed E-state index contributed by atoms with van der Waals surface area (Å²) in [5.41, 5.74) is 1.43. The molecule has 1 unspecified atom stereocenters. The molecule has 0 aliphatic rings. The molecule has 0 N–H and O–H groups in total. The van der Waals surface area contributed by atoms with Gasteiger partial charge in [0, 0.05) is 18.5 Å². The highest BCUT2D eigenvalue weighted by Gasteiger charge is 2.19. The molecule has 0 saturated carbocycles. The summed E-state index contributed by atoms with van der Waals surface area (Å²) in [6, 6.07) is 7.98. The number of halogens is 2. The van der Waals surface area contributed by atoms with Crippen molar-refractivity contribution in [1.82, 2.24) is 14.8 Å². The van der Waals surface area contributed by atoms with Crippen molar-refractivity contribution in [1.29, 1.82) is 0 Å². The first-order valence-corrected chi connectivity index (χ1v) is 7.59. The number of carbonyl (C=O) groups is 1. The highest BCUT2D eigenvalue weighted by atomic mass is 19.2. The van der Waals surface area contributed by atoms with Crippen LogP contribution in [-0.4, -0.2) is 20.7 Å². The highest BCUT2D eigenvalue weighted by molar-refractivity contribution is 5.90. The standard InChI is InChI=1S/C18H15F2N3O2/c1-11-8-17(25-18(24)14-4-3-7-21-10-14)23(22-11)12(2)13-5-6-15(19)16(20)9-13/h3-10,12H,1-2H3. The largest absolute Gasteiger partial charge is 0.404 e. The quantitative estimate of drug-likeness (QED) is 0.678. The smallest absolute Gasteiger partial charge is 0.346 e. The molecule has 0 amide bonds. The van der Waals surface area contributed by atoms with Gasteiger partial charge in [-0.2, -0.15) is 5.10 Å². The lowest BCUT2D eigenvalue weighted by atomic mass is 10.1. The molecule has 0 radical (unpaired) electrons. The summed E-state index contributed by atoms with van der Waals surface area (Å²) in [7, 11) is 0. The van der Waals surface area contributed by atoms with Crippen molar-refractivity contribution >= 4 is 5.97 Å². The van der Waals surface area contributed by atoms with Gasteiger partial charge in [-0.25, -0.2) is 18.3 Å². The maximum absolute atomic E-state index is 13.5. The van der Waals surface area contributed by atoms with Gasteiger partial charge in [0.25, 0.3) is 0 Å². The van der Waals surface area contributed by atoms with Crippen molar-refractivity contribution in [3.8, 4) is 5.88 Å². The van der Waals surface area contributed by atoms with Crippen molar-refractivity contribution in [3.63, 3.8) is 0 Å². The number of hydrogen-bond donors (Lipinski definition) is 0. The Hall–Kier alpha value is -3.09. The Morgan fingerprint density at radius 3 is 2.68 bits per heavy atom. The first kappa shape index (κ1) is 16.8. The van der Waals surface area contributed by atoms with Crippen LogP contribution in [0.3, 0.4) is 0 Å². The molecule has 3 rings (SSSR count). The average Bonchev–Trinajstić information content (AvgIpc) is 2.97. The van der Waals surface area contributed by atoms with E-state index in [9.17, 15) is 13.6 Å². The minimum Gasteiger partial charge on any atom is -0.404 e. The number of nitrogens with zero attached hydrogens (tertiary/aromatic N) is 3. The van der Waals surface area contributed by atoms with Crippen LogP contribution in [-0.2, 0) is 0 Å². The van der Waals surface area contributed by atoms with Gasteiger partial charge in [0.2, 0.25) is 5.88 Å². The van der Waals surface area contributed by atoms with Gasteiger partial charge >= 0.3 is 5.97 Å². The topological polar surface area (TPSA) is 57.0 Å². The molecule has 1 aromatic carbocycles. The summed E-state index contributed by atoms with van der Waals surface area (Å²) in [5.74, 6) is -2.23. The highest BCUT2D eigenvalue weighted by Crippen LogP contribution is 2.26. The van der Waals surface area contributed by atoms with E-state index in [1.54, 1.807) is 38.2 Å². The lowest BCUT2D eigenvalue weighted by molar-refractivity contribution is 0.0716. The van der Waals surface area contributed by atoms with Crippen LogP contribution < -0.4 is 4.74 Å². The van der Waals surface area contributed by atoms with Crippen LogP contribution in [0.5, 0.6) is 5.88 Å². The second kappa shape index (κ2) is 6.80. The molecule has 1 atom stereocenters. The Kier molecular flexibility index (Phi) is 4.56. The minimum absolute atomic E-state index is 0.212. The summed E-state index contributed by atoms with van der Waals surface area (Å²) in [6.45, 7) is 3.50. The van der Waals surface area contributed by atoms with Crippen LogP contribution in [0.4, 0.5) is 8.78 Å². The zero-order valence-corrected chi connectivity index (χ0v) is 13.6. The first-order chi connectivity index (χ1) is 12.0. The minimum atomic E-state index is -0.942. The maximum atomic E-state index is 13.5. The second-order valence-electron chi connectivity index (χ2n) is 5.55. The zero-order valence-electron chi connectivity index (χ0n) is 13.6. The Morgan fingerprint density at radius 2 is 2.00 bits per heavy atom. The van der Waals surface area contributed by atoms with Crippen LogP contribution in [0.2, 0.25) is 0 Å². The van der Waals surface area contributed by atoms with E-state index in [1.807, 2.05) is 0 Å². The Bertz CT molecular complexity index is 910. The molecule has 25 heavy (non-hydrogen) atoms. The third-order valence-corrected chi connectivity index (χ3v) is 3.71. The molecule has 2 heterocycles. The van der Waals surface area contributed by atoms with Gasteiger partial charge in [-0.15, -0.1) is 0 Å². The predicted octanol–water partition coefficient (Wildman–Crippen LogP) is 3.69. The molecule has 3 aromatic rings. The Labute approximate surface area is 142 Å². The number of aryl methyl sites for hydroxylation is 1. The number of benzene rings is 1. The van der Waals surface area contributed by atoms with E-state index in [2.05, 4.69) is 10.1 Å². The van der Waals surface area contributed by atoms with Crippen LogP contribution in [0, 0.1) is 18.6 Å². The molecule has 0 fully saturated rings. The van der Waals surface area contributed by atoms with E-state index >= 15 is 0 Å². The fourth-order valence-electron chi connectivity index (χ4n) is 2.40. The molecule has 0 saturated heterocycles. The van der Waals surface area contributed by atoms with Crippen LogP contribution in [0.15, 0.2) is 48.8 Å². The van der Waals surface area contributed by atoms with Gasteiger partial charge < -0.3 is 4.74 Å². The molecular formula is C18H15F2N3O2. The van der Waals surface area contributed by atoms with Gasteiger partial charge in [-0.1, -0.05) is 6.07 Å². The van der Waals surface area contributed by atoms with Gasteiger partial charge in [0.05, 0.1) is 17.3 Å². The normalized spacial score (nSPS) is 12.0. The zero-order chi connectivity index (χ0) is 18.0. The van der Waals surface area contributed by atoms with E-state index in [0.717, 1.165) is 12.1 Å². The summed E-state index contributed by atoms with van der Waals surface area (Å²) in [5, 5.41) is 4.29. The van der Waals surface area contributed by atoms with E-state index in [0.29, 0.717) is 16.8 Å². The van der Waals surface area contributed by atoms with Gasteiger partial charge in [-0.3, -0.25) is 4.98 Å².